The van der Waals surface area contributed by atoms with Crippen molar-refractivity contribution in [3.63, 3.8) is 0 Å². The molecule has 2 aromatic rings. The molecular weight excluding hydrogens is 385 g/mol. The number of hydrogen-bond acceptors (Lipinski definition) is 5. The summed E-state index contributed by atoms with van der Waals surface area (Å²) >= 11 is 0. The molecule has 1 aromatic heterocycles. The molecule has 162 valence electrons. The number of pyridine rings is 1. The summed E-state index contributed by atoms with van der Waals surface area (Å²) in [7, 11) is 0. The van der Waals surface area contributed by atoms with Gasteiger partial charge in [-0.05, 0) is 32.0 Å². The maximum Gasteiger partial charge on any atom is 0.191 e. The van der Waals surface area contributed by atoms with E-state index in [4.69, 9.17) is 14.5 Å². The van der Waals surface area contributed by atoms with Gasteiger partial charge in [-0.15, -0.1) is 0 Å². The van der Waals surface area contributed by atoms with Crippen LogP contribution in [0.1, 0.15) is 19.4 Å². The van der Waals surface area contributed by atoms with Gasteiger partial charge in [0.2, 0.25) is 0 Å². The molecule has 0 saturated carbocycles. The second-order valence-electron chi connectivity index (χ2n) is 7.02. The van der Waals surface area contributed by atoms with Crippen molar-refractivity contribution in [1.29, 1.82) is 0 Å². The highest BCUT2D eigenvalue weighted by Gasteiger charge is 2.16. The third-order valence-corrected chi connectivity index (χ3v) is 4.65. The molecule has 1 fully saturated rings. The lowest BCUT2D eigenvalue weighted by Gasteiger charge is -2.29. The molecule has 30 heavy (non-hydrogen) atoms. The highest BCUT2D eigenvalue weighted by molar-refractivity contribution is 5.79. The summed E-state index contributed by atoms with van der Waals surface area (Å²) in [6.07, 6.45) is 1.58. The SMILES string of the molecule is CCNC(=NCc1cccnc1N1CCOCC1)NCC(C)Oc1ccccc1F. The molecule has 2 N–H and O–H groups in total. The van der Waals surface area contributed by atoms with Gasteiger partial charge in [0.25, 0.3) is 0 Å². The van der Waals surface area contributed by atoms with Crippen LogP contribution < -0.4 is 20.3 Å². The fraction of sp³-hybridized carbons (Fsp3) is 0.455. The molecule has 1 unspecified atom stereocenters. The average Bonchev–Trinajstić information content (AvgIpc) is 2.78. The zero-order chi connectivity index (χ0) is 21.2. The van der Waals surface area contributed by atoms with Crippen molar-refractivity contribution in [2.24, 2.45) is 4.99 Å². The Balaban J connectivity index is 1.60. The van der Waals surface area contributed by atoms with E-state index in [1.165, 1.54) is 6.07 Å². The van der Waals surface area contributed by atoms with Crippen molar-refractivity contribution in [2.45, 2.75) is 26.5 Å². The molecule has 0 aliphatic carbocycles. The van der Waals surface area contributed by atoms with Crippen LogP contribution >= 0.6 is 0 Å². The summed E-state index contributed by atoms with van der Waals surface area (Å²) in [5, 5.41) is 6.50. The van der Waals surface area contributed by atoms with E-state index in [0.29, 0.717) is 32.3 Å². The zero-order valence-electron chi connectivity index (χ0n) is 17.6. The molecule has 0 amide bonds. The number of nitrogens with zero attached hydrogens (tertiary/aromatic N) is 3. The number of morpholine rings is 1. The second-order valence-corrected chi connectivity index (χ2v) is 7.02. The monoisotopic (exact) mass is 415 g/mol. The molecule has 2 heterocycles. The summed E-state index contributed by atoms with van der Waals surface area (Å²) in [6, 6.07) is 10.4. The number of ether oxygens (including phenoxy) is 2. The van der Waals surface area contributed by atoms with Gasteiger partial charge in [0.05, 0.1) is 26.3 Å². The standard InChI is InChI=1S/C22H30FN5O2/c1-3-24-22(26-15-17(2)30-20-9-5-4-8-19(20)23)27-16-18-7-6-10-25-21(18)28-11-13-29-14-12-28/h4-10,17H,3,11-16H2,1-2H3,(H2,24,26,27). The van der Waals surface area contributed by atoms with E-state index < -0.39 is 0 Å². The summed E-state index contributed by atoms with van der Waals surface area (Å²) in [5.74, 6) is 1.52. The quantitative estimate of drug-likeness (QED) is 0.510. The van der Waals surface area contributed by atoms with Crippen LogP contribution in [0, 0.1) is 5.82 Å². The van der Waals surface area contributed by atoms with Gasteiger partial charge in [0.15, 0.2) is 17.5 Å². The first-order chi connectivity index (χ1) is 14.7. The Bertz CT molecular complexity index is 827. The first-order valence-corrected chi connectivity index (χ1v) is 10.4. The number of aliphatic imine (C=N–C) groups is 1. The predicted molar refractivity (Wildman–Crippen MR) is 117 cm³/mol. The van der Waals surface area contributed by atoms with Crippen LogP contribution in [0.5, 0.6) is 5.75 Å². The third kappa shape index (κ3) is 6.32. The van der Waals surface area contributed by atoms with Crippen LogP contribution in [0.25, 0.3) is 0 Å². The van der Waals surface area contributed by atoms with Gasteiger partial charge in [-0.1, -0.05) is 18.2 Å². The number of hydrogen-bond donors (Lipinski definition) is 2. The minimum Gasteiger partial charge on any atom is -0.486 e. The molecule has 1 atom stereocenters. The van der Waals surface area contributed by atoms with Crippen molar-refractivity contribution in [2.75, 3.05) is 44.3 Å². The summed E-state index contributed by atoms with van der Waals surface area (Å²) in [4.78, 5) is 11.5. The van der Waals surface area contributed by atoms with E-state index in [2.05, 4.69) is 26.6 Å². The minimum absolute atomic E-state index is 0.229. The molecule has 1 saturated heterocycles. The van der Waals surface area contributed by atoms with Crippen molar-refractivity contribution < 1.29 is 13.9 Å². The van der Waals surface area contributed by atoms with Gasteiger partial charge in [-0.25, -0.2) is 14.4 Å². The molecule has 1 aromatic carbocycles. The van der Waals surface area contributed by atoms with Crippen molar-refractivity contribution >= 4 is 11.8 Å². The Hall–Kier alpha value is -2.87. The van der Waals surface area contributed by atoms with Crippen LogP contribution in [0.4, 0.5) is 10.2 Å². The van der Waals surface area contributed by atoms with Crippen LogP contribution in [-0.2, 0) is 11.3 Å². The van der Waals surface area contributed by atoms with E-state index in [0.717, 1.165) is 31.0 Å². The molecular formula is C22H30FN5O2. The third-order valence-electron chi connectivity index (χ3n) is 4.65. The van der Waals surface area contributed by atoms with Gasteiger partial charge in [-0.2, -0.15) is 0 Å². The smallest absolute Gasteiger partial charge is 0.191 e. The number of benzene rings is 1. The minimum atomic E-state index is -0.364. The number of rotatable bonds is 8. The fourth-order valence-electron chi connectivity index (χ4n) is 3.16. The predicted octanol–water partition coefficient (Wildman–Crippen LogP) is 2.58. The van der Waals surface area contributed by atoms with Crippen LogP contribution in [-0.4, -0.2) is 56.4 Å². The van der Waals surface area contributed by atoms with Gasteiger partial charge in [0, 0.05) is 31.4 Å². The molecule has 1 aliphatic heterocycles. The van der Waals surface area contributed by atoms with Gasteiger partial charge >= 0.3 is 0 Å². The second kappa shape index (κ2) is 11.3. The molecule has 0 bridgehead atoms. The molecule has 0 spiro atoms. The number of anilines is 1. The summed E-state index contributed by atoms with van der Waals surface area (Å²) < 4.78 is 24.9. The normalized spacial score (nSPS) is 15.6. The van der Waals surface area contributed by atoms with Gasteiger partial charge in [-0.3, -0.25) is 0 Å². The summed E-state index contributed by atoms with van der Waals surface area (Å²) in [5.41, 5.74) is 1.06. The molecule has 0 radical (unpaired) electrons. The molecule has 7 nitrogen and oxygen atoms in total. The number of aromatic nitrogens is 1. The fourth-order valence-corrected chi connectivity index (χ4v) is 3.16. The van der Waals surface area contributed by atoms with E-state index in [1.807, 2.05) is 26.1 Å². The number of guanidine groups is 1. The lowest BCUT2D eigenvalue weighted by Crippen LogP contribution is -2.42. The number of nitrogens with one attached hydrogen (secondary N) is 2. The van der Waals surface area contributed by atoms with E-state index in [-0.39, 0.29) is 17.7 Å². The largest absolute Gasteiger partial charge is 0.486 e. The highest BCUT2D eigenvalue weighted by atomic mass is 19.1. The maximum atomic E-state index is 13.8. The van der Waals surface area contributed by atoms with E-state index in [1.54, 1.807) is 18.2 Å². The zero-order valence-corrected chi connectivity index (χ0v) is 17.6. The van der Waals surface area contributed by atoms with Crippen LogP contribution in [0.2, 0.25) is 0 Å². The molecule has 1 aliphatic rings. The lowest BCUT2D eigenvalue weighted by atomic mass is 10.2. The summed E-state index contributed by atoms with van der Waals surface area (Å²) in [6.45, 7) is 8.71. The van der Waals surface area contributed by atoms with Gasteiger partial charge < -0.3 is 25.0 Å². The van der Waals surface area contributed by atoms with Crippen LogP contribution in [0.15, 0.2) is 47.6 Å². The van der Waals surface area contributed by atoms with E-state index in [9.17, 15) is 4.39 Å². The van der Waals surface area contributed by atoms with Gasteiger partial charge in [0.1, 0.15) is 11.9 Å². The Kier molecular flexibility index (Phi) is 8.26. The van der Waals surface area contributed by atoms with Crippen molar-refractivity contribution in [1.82, 2.24) is 15.6 Å². The molecule has 3 rings (SSSR count). The highest BCUT2D eigenvalue weighted by Crippen LogP contribution is 2.19. The van der Waals surface area contributed by atoms with Crippen LogP contribution in [0.3, 0.4) is 0 Å². The van der Waals surface area contributed by atoms with E-state index >= 15 is 0 Å². The van der Waals surface area contributed by atoms with Crippen molar-refractivity contribution in [3.05, 3.63) is 54.0 Å². The maximum absolute atomic E-state index is 13.8. The average molecular weight is 416 g/mol. The first kappa shape index (κ1) is 21.8. The first-order valence-electron chi connectivity index (χ1n) is 10.4. The topological polar surface area (TPSA) is 71.0 Å². The number of para-hydroxylation sites is 1. The van der Waals surface area contributed by atoms with Crippen molar-refractivity contribution in [3.8, 4) is 5.75 Å². The Labute approximate surface area is 177 Å². The Morgan fingerprint density at radius 1 is 1.23 bits per heavy atom. The Morgan fingerprint density at radius 3 is 2.80 bits per heavy atom. The Morgan fingerprint density at radius 2 is 2.03 bits per heavy atom. The number of halogens is 1. The lowest BCUT2D eigenvalue weighted by molar-refractivity contribution is 0.122. The molecule has 8 heteroatoms.